The molecule has 0 fully saturated rings. The second kappa shape index (κ2) is 9.06. The van der Waals surface area contributed by atoms with Crippen molar-refractivity contribution in [2.75, 3.05) is 6.61 Å². The minimum Gasteiger partial charge on any atom is -0.479 e. The van der Waals surface area contributed by atoms with Gasteiger partial charge in [-0.05, 0) is 29.8 Å². The smallest absolute Gasteiger partial charge is 0.433 e. The molecule has 3 aromatic rings. The van der Waals surface area contributed by atoms with Crippen molar-refractivity contribution in [3.05, 3.63) is 87.0 Å². The molecule has 0 amide bonds. The molecule has 0 saturated carbocycles. The fraction of sp³-hybridized carbons (Fsp3) is 0.0909. The maximum atomic E-state index is 14.5. The van der Waals surface area contributed by atoms with Crippen molar-refractivity contribution >= 4 is 17.8 Å². The molecule has 158 valence electrons. The molecule has 9 heteroatoms. The first-order valence-electron chi connectivity index (χ1n) is 8.70. The molecule has 0 spiro atoms. The lowest BCUT2D eigenvalue weighted by Gasteiger charge is -2.14. The van der Waals surface area contributed by atoms with Crippen LogP contribution in [0.2, 0.25) is 5.02 Å². The average Bonchev–Trinajstić information content (AvgIpc) is 2.72. The van der Waals surface area contributed by atoms with E-state index in [1.807, 2.05) is 0 Å². The van der Waals surface area contributed by atoms with E-state index in [1.165, 1.54) is 0 Å². The lowest BCUT2D eigenvalue weighted by atomic mass is 10.1. The van der Waals surface area contributed by atoms with Crippen LogP contribution in [0.1, 0.15) is 11.3 Å². The van der Waals surface area contributed by atoms with Crippen LogP contribution in [-0.2, 0) is 6.18 Å². The van der Waals surface area contributed by atoms with E-state index in [0.29, 0.717) is 11.6 Å². The van der Waals surface area contributed by atoms with Gasteiger partial charge in [-0.25, -0.2) is 4.39 Å². The molecular weight excluding hydrogens is 436 g/mol. The zero-order chi connectivity index (χ0) is 22.6. The quantitative estimate of drug-likeness (QED) is 0.305. The number of pyridine rings is 1. The highest BCUT2D eigenvalue weighted by atomic mass is 35.5. The van der Waals surface area contributed by atoms with Gasteiger partial charge in [-0.1, -0.05) is 47.9 Å². The topological polar surface area (TPSA) is 43.6 Å². The molecule has 0 unspecified atom stereocenters. The third kappa shape index (κ3) is 4.95. The molecule has 2 aromatic carbocycles. The lowest BCUT2D eigenvalue weighted by molar-refractivity contribution is -0.143. The van der Waals surface area contributed by atoms with Crippen molar-refractivity contribution in [3.8, 4) is 29.2 Å². The molecule has 0 atom stereocenters. The molecule has 4 nitrogen and oxygen atoms in total. The highest BCUT2D eigenvalue weighted by Gasteiger charge is 2.35. The van der Waals surface area contributed by atoms with E-state index in [2.05, 4.69) is 11.0 Å². The molecule has 0 N–H and O–H groups in total. The van der Waals surface area contributed by atoms with Gasteiger partial charge in [0, 0.05) is 5.56 Å². The van der Waals surface area contributed by atoms with Gasteiger partial charge in [0.25, 0.3) is 5.56 Å². The molecule has 0 aliphatic rings. The standard InChI is InChI=1S/C22H13ClF4N2O2/c1-2-10-31-19-11-16(18(24)12-17(19)23)15-8-9-20(22(25,26)27)29(21(15)30)28-13-14-6-4-3-5-7-14/h1,3-9,11-13H,10H2. The van der Waals surface area contributed by atoms with Crippen molar-refractivity contribution in [1.29, 1.82) is 0 Å². The second-order valence-corrected chi connectivity index (χ2v) is 6.56. The molecule has 1 aromatic heterocycles. The molecular formula is C22H13ClF4N2O2. The summed E-state index contributed by atoms with van der Waals surface area (Å²) in [6.45, 7) is -0.177. The van der Waals surface area contributed by atoms with E-state index >= 15 is 0 Å². The van der Waals surface area contributed by atoms with E-state index in [-0.39, 0.29) is 33.2 Å². The van der Waals surface area contributed by atoms with Crippen LogP contribution in [0.4, 0.5) is 17.6 Å². The van der Waals surface area contributed by atoms with Gasteiger partial charge < -0.3 is 4.74 Å². The van der Waals surface area contributed by atoms with Gasteiger partial charge in [0.1, 0.15) is 23.9 Å². The second-order valence-electron chi connectivity index (χ2n) is 6.16. The predicted molar refractivity (Wildman–Crippen MR) is 110 cm³/mol. The Morgan fingerprint density at radius 2 is 1.84 bits per heavy atom. The number of hydrogen-bond acceptors (Lipinski definition) is 3. The third-order valence-corrected chi connectivity index (χ3v) is 4.39. The number of alkyl halides is 3. The Morgan fingerprint density at radius 1 is 1.13 bits per heavy atom. The Labute approximate surface area is 179 Å². The number of halogens is 5. The summed E-state index contributed by atoms with van der Waals surface area (Å²) in [5.41, 5.74) is -2.69. The summed E-state index contributed by atoms with van der Waals surface area (Å²) in [7, 11) is 0. The van der Waals surface area contributed by atoms with Crippen LogP contribution in [0, 0.1) is 18.2 Å². The molecule has 31 heavy (non-hydrogen) atoms. The van der Waals surface area contributed by atoms with E-state index < -0.39 is 23.2 Å². The minimum absolute atomic E-state index is 0.0188. The van der Waals surface area contributed by atoms with Gasteiger partial charge in [-0.3, -0.25) is 4.79 Å². The summed E-state index contributed by atoms with van der Waals surface area (Å²) in [4.78, 5) is 12.9. The highest BCUT2D eigenvalue weighted by Crippen LogP contribution is 2.34. The summed E-state index contributed by atoms with van der Waals surface area (Å²) >= 11 is 5.91. The van der Waals surface area contributed by atoms with Crippen molar-refractivity contribution < 1.29 is 22.3 Å². The average molecular weight is 449 g/mol. The van der Waals surface area contributed by atoms with Gasteiger partial charge in [-0.15, -0.1) is 6.42 Å². The van der Waals surface area contributed by atoms with E-state index in [9.17, 15) is 22.4 Å². The summed E-state index contributed by atoms with van der Waals surface area (Å²) in [6.07, 6.45) is 1.35. The maximum Gasteiger partial charge on any atom is 0.433 e. The number of rotatable bonds is 5. The molecule has 0 radical (unpaired) electrons. The Bertz CT molecular complexity index is 1230. The van der Waals surface area contributed by atoms with E-state index in [0.717, 1.165) is 24.4 Å². The molecule has 1 heterocycles. The van der Waals surface area contributed by atoms with Crippen molar-refractivity contribution in [3.63, 3.8) is 0 Å². The zero-order valence-corrected chi connectivity index (χ0v) is 16.4. The van der Waals surface area contributed by atoms with Crippen LogP contribution in [0.3, 0.4) is 0 Å². The summed E-state index contributed by atoms with van der Waals surface area (Å²) in [5, 5.41) is 3.60. The van der Waals surface area contributed by atoms with Crippen LogP contribution < -0.4 is 10.3 Å². The number of ether oxygens (including phenoxy) is 1. The number of nitrogens with zero attached hydrogens (tertiary/aromatic N) is 2. The Morgan fingerprint density at radius 3 is 2.48 bits per heavy atom. The number of benzene rings is 2. The largest absolute Gasteiger partial charge is 0.479 e. The molecule has 3 rings (SSSR count). The van der Waals surface area contributed by atoms with Gasteiger partial charge in [0.15, 0.2) is 0 Å². The molecule has 0 saturated heterocycles. The van der Waals surface area contributed by atoms with Gasteiger partial charge in [-0.2, -0.15) is 22.9 Å². The Hall–Kier alpha value is -3.57. The summed E-state index contributed by atoms with van der Waals surface area (Å²) in [5.74, 6) is 1.27. The number of hydrogen-bond donors (Lipinski definition) is 0. The zero-order valence-electron chi connectivity index (χ0n) is 15.7. The molecule has 0 bridgehead atoms. The fourth-order valence-corrected chi connectivity index (χ4v) is 2.90. The van der Waals surface area contributed by atoms with Gasteiger partial charge in [0.05, 0.1) is 16.8 Å². The normalized spacial score (nSPS) is 11.5. The SMILES string of the molecule is C#CCOc1cc(-c2ccc(C(F)(F)F)n(N=Cc3ccccc3)c2=O)c(F)cc1Cl. The minimum atomic E-state index is -4.87. The van der Waals surface area contributed by atoms with Crippen molar-refractivity contribution in [1.82, 2.24) is 4.68 Å². The van der Waals surface area contributed by atoms with Gasteiger partial charge in [0.2, 0.25) is 0 Å². The van der Waals surface area contributed by atoms with Crippen LogP contribution in [0.15, 0.2) is 64.5 Å². The monoisotopic (exact) mass is 448 g/mol. The molecule has 0 aliphatic heterocycles. The molecule has 0 aliphatic carbocycles. The van der Waals surface area contributed by atoms with E-state index in [1.54, 1.807) is 30.3 Å². The van der Waals surface area contributed by atoms with Crippen LogP contribution >= 0.6 is 11.6 Å². The fourth-order valence-electron chi connectivity index (χ4n) is 2.69. The predicted octanol–water partition coefficient (Wildman–Crippen LogP) is 5.22. The Balaban J connectivity index is 2.19. The van der Waals surface area contributed by atoms with Crippen LogP contribution in [0.25, 0.3) is 11.1 Å². The van der Waals surface area contributed by atoms with Crippen LogP contribution in [-0.4, -0.2) is 17.5 Å². The summed E-state index contributed by atoms with van der Waals surface area (Å²) < 4.78 is 60.3. The Kier molecular flexibility index (Phi) is 6.47. The first-order valence-corrected chi connectivity index (χ1v) is 9.08. The third-order valence-electron chi connectivity index (χ3n) is 4.09. The van der Waals surface area contributed by atoms with Crippen molar-refractivity contribution in [2.45, 2.75) is 6.18 Å². The van der Waals surface area contributed by atoms with E-state index in [4.69, 9.17) is 22.8 Å². The number of aromatic nitrogens is 1. The lowest BCUT2D eigenvalue weighted by Crippen LogP contribution is -2.26. The first-order chi connectivity index (χ1) is 14.7. The number of terminal acetylenes is 1. The van der Waals surface area contributed by atoms with Gasteiger partial charge >= 0.3 is 6.18 Å². The highest BCUT2D eigenvalue weighted by molar-refractivity contribution is 6.32. The maximum absolute atomic E-state index is 14.5. The summed E-state index contributed by atoms with van der Waals surface area (Å²) in [6, 6.07) is 11.7. The first kappa shape index (κ1) is 22.1. The van der Waals surface area contributed by atoms with Crippen LogP contribution in [0.5, 0.6) is 5.75 Å². The van der Waals surface area contributed by atoms with Crippen molar-refractivity contribution in [2.24, 2.45) is 5.10 Å².